The molecule has 0 spiro atoms. The van der Waals surface area contributed by atoms with Gasteiger partial charge in [0.2, 0.25) is 0 Å². The monoisotopic (exact) mass is 221 g/mol. The highest BCUT2D eigenvalue weighted by Crippen LogP contribution is 2.29. The molecule has 1 fully saturated rings. The average molecular weight is 221 g/mol. The van der Waals surface area contributed by atoms with Crippen LogP contribution in [0.1, 0.15) is 18.4 Å². The maximum absolute atomic E-state index is 9.30. The standard InChI is InChI=1S/C13H19NO2/c1-2-16-12-5-3-4-10(6-12)13-8-14-7-11(13)9-15/h3-6,11,13-15H,2,7-9H2,1H3/t11-,13+/m0/s1. The van der Waals surface area contributed by atoms with E-state index in [9.17, 15) is 5.11 Å². The molecule has 88 valence electrons. The molecule has 2 N–H and O–H groups in total. The number of aliphatic hydroxyl groups is 1. The summed E-state index contributed by atoms with van der Waals surface area (Å²) in [7, 11) is 0. The number of rotatable bonds is 4. The van der Waals surface area contributed by atoms with Crippen LogP contribution in [0.4, 0.5) is 0 Å². The van der Waals surface area contributed by atoms with Gasteiger partial charge in [0.1, 0.15) is 5.75 Å². The van der Waals surface area contributed by atoms with Crippen LogP contribution in [0, 0.1) is 5.92 Å². The van der Waals surface area contributed by atoms with E-state index in [0.29, 0.717) is 18.4 Å². The average Bonchev–Trinajstić information content (AvgIpc) is 2.78. The molecular formula is C13H19NO2. The Morgan fingerprint density at radius 1 is 1.44 bits per heavy atom. The van der Waals surface area contributed by atoms with E-state index in [-0.39, 0.29) is 6.61 Å². The van der Waals surface area contributed by atoms with Crippen LogP contribution in [0.25, 0.3) is 0 Å². The predicted molar refractivity (Wildman–Crippen MR) is 63.8 cm³/mol. The highest BCUT2D eigenvalue weighted by Gasteiger charge is 2.27. The third-order valence-corrected chi connectivity index (χ3v) is 3.17. The summed E-state index contributed by atoms with van der Waals surface area (Å²) in [5.74, 6) is 1.66. The molecule has 1 aromatic carbocycles. The molecule has 0 radical (unpaired) electrons. The van der Waals surface area contributed by atoms with Crippen molar-refractivity contribution in [1.82, 2.24) is 5.32 Å². The van der Waals surface area contributed by atoms with Gasteiger partial charge in [0, 0.05) is 31.5 Å². The van der Waals surface area contributed by atoms with Crippen molar-refractivity contribution in [3.05, 3.63) is 29.8 Å². The van der Waals surface area contributed by atoms with Crippen molar-refractivity contribution in [3.63, 3.8) is 0 Å². The summed E-state index contributed by atoms with van der Waals surface area (Å²) in [6, 6.07) is 8.20. The highest BCUT2D eigenvalue weighted by molar-refractivity contribution is 5.32. The predicted octanol–water partition coefficient (Wildman–Crippen LogP) is 1.38. The van der Waals surface area contributed by atoms with Crippen LogP contribution in [0.2, 0.25) is 0 Å². The lowest BCUT2D eigenvalue weighted by Gasteiger charge is -2.17. The Hall–Kier alpha value is -1.06. The number of nitrogens with one attached hydrogen (secondary N) is 1. The molecule has 0 unspecified atom stereocenters. The normalized spacial score (nSPS) is 24.6. The van der Waals surface area contributed by atoms with E-state index in [4.69, 9.17) is 4.74 Å². The number of hydrogen-bond donors (Lipinski definition) is 2. The Bertz CT molecular complexity index is 340. The van der Waals surface area contributed by atoms with Crippen molar-refractivity contribution < 1.29 is 9.84 Å². The van der Waals surface area contributed by atoms with Crippen molar-refractivity contribution in [3.8, 4) is 5.75 Å². The molecule has 0 aromatic heterocycles. The van der Waals surface area contributed by atoms with Crippen LogP contribution in [-0.2, 0) is 0 Å². The second-order valence-electron chi connectivity index (χ2n) is 4.21. The van der Waals surface area contributed by atoms with Gasteiger partial charge in [-0.25, -0.2) is 0 Å². The topological polar surface area (TPSA) is 41.5 Å². The quantitative estimate of drug-likeness (QED) is 0.807. The van der Waals surface area contributed by atoms with Crippen molar-refractivity contribution >= 4 is 0 Å². The Balaban J connectivity index is 2.16. The van der Waals surface area contributed by atoms with E-state index in [1.165, 1.54) is 5.56 Å². The first-order valence-corrected chi connectivity index (χ1v) is 5.89. The molecule has 0 saturated carbocycles. The fraction of sp³-hybridized carbons (Fsp3) is 0.538. The van der Waals surface area contributed by atoms with Gasteiger partial charge < -0.3 is 15.2 Å². The molecule has 1 aliphatic heterocycles. The summed E-state index contributed by atoms with van der Waals surface area (Å²) in [4.78, 5) is 0. The maximum Gasteiger partial charge on any atom is 0.119 e. The van der Waals surface area contributed by atoms with Gasteiger partial charge in [0.25, 0.3) is 0 Å². The van der Waals surface area contributed by atoms with Gasteiger partial charge in [0.15, 0.2) is 0 Å². The molecule has 0 bridgehead atoms. The van der Waals surface area contributed by atoms with Crippen LogP contribution < -0.4 is 10.1 Å². The molecule has 0 aliphatic carbocycles. The van der Waals surface area contributed by atoms with E-state index in [1.54, 1.807) is 0 Å². The van der Waals surface area contributed by atoms with Crippen molar-refractivity contribution in [2.24, 2.45) is 5.92 Å². The summed E-state index contributed by atoms with van der Waals surface area (Å²) in [5.41, 5.74) is 1.26. The van der Waals surface area contributed by atoms with Crippen LogP contribution in [0.3, 0.4) is 0 Å². The van der Waals surface area contributed by atoms with E-state index in [1.807, 2.05) is 19.1 Å². The SMILES string of the molecule is CCOc1cccc([C@H]2CNC[C@H]2CO)c1. The molecular weight excluding hydrogens is 202 g/mol. The first-order valence-electron chi connectivity index (χ1n) is 5.89. The smallest absolute Gasteiger partial charge is 0.119 e. The molecule has 1 heterocycles. The van der Waals surface area contributed by atoms with Crippen LogP contribution in [-0.4, -0.2) is 31.4 Å². The Morgan fingerprint density at radius 2 is 2.31 bits per heavy atom. The summed E-state index contributed by atoms with van der Waals surface area (Å²) >= 11 is 0. The summed E-state index contributed by atoms with van der Waals surface area (Å²) in [5, 5.41) is 12.6. The maximum atomic E-state index is 9.30. The van der Waals surface area contributed by atoms with Crippen molar-refractivity contribution in [1.29, 1.82) is 0 Å². The molecule has 1 saturated heterocycles. The minimum absolute atomic E-state index is 0.247. The van der Waals surface area contributed by atoms with Crippen molar-refractivity contribution in [2.75, 3.05) is 26.3 Å². The Morgan fingerprint density at radius 3 is 3.06 bits per heavy atom. The molecule has 2 atom stereocenters. The number of aliphatic hydroxyl groups excluding tert-OH is 1. The lowest BCUT2D eigenvalue weighted by molar-refractivity contribution is 0.226. The fourth-order valence-electron chi connectivity index (χ4n) is 2.32. The van der Waals surface area contributed by atoms with E-state index in [2.05, 4.69) is 17.4 Å². The van der Waals surface area contributed by atoms with Crippen LogP contribution in [0.15, 0.2) is 24.3 Å². The molecule has 3 nitrogen and oxygen atoms in total. The number of benzene rings is 1. The van der Waals surface area contributed by atoms with Gasteiger partial charge >= 0.3 is 0 Å². The van der Waals surface area contributed by atoms with Crippen LogP contribution in [0.5, 0.6) is 5.75 Å². The Labute approximate surface area is 96.4 Å². The van der Waals surface area contributed by atoms with Gasteiger partial charge in [-0.2, -0.15) is 0 Å². The van der Waals surface area contributed by atoms with Gasteiger partial charge in [-0.05, 0) is 24.6 Å². The molecule has 2 rings (SSSR count). The van der Waals surface area contributed by atoms with Crippen LogP contribution >= 0.6 is 0 Å². The summed E-state index contributed by atoms with van der Waals surface area (Å²) < 4.78 is 5.49. The molecule has 3 heteroatoms. The van der Waals surface area contributed by atoms with Crippen molar-refractivity contribution in [2.45, 2.75) is 12.8 Å². The minimum Gasteiger partial charge on any atom is -0.494 e. The Kier molecular flexibility index (Phi) is 3.80. The zero-order chi connectivity index (χ0) is 11.4. The van der Waals surface area contributed by atoms with Gasteiger partial charge in [-0.1, -0.05) is 12.1 Å². The largest absolute Gasteiger partial charge is 0.494 e. The second-order valence-corrected chi connectivity index (χ2v) is 4.21. The summed E-state index contributed by atoms with van der Waals surface area (Å²) in [6.07, 6.45) is 0. The third-order valence-electron chi connectivity index (χ3n) is 3.17. The molecule has 16 heavy (non-hydrogen) atoms. The first-order chi connectivity index (χ1) is 7.85. The fourth-order valence-corrected chi connectivity index (χ4v) is 2.32. The second kappa shape index (κ2) is 5.32. The highest BCUT2D eigenvalue weighted by atomic mass is 16.5. The van der Waals surface area contributed by atoms with Gasteiger partial charge in [-0.15, -0.1) is 0 Å². The summed E-state index contributed by atoms with van der Waals surface area (Å²) in [6.45, 7) is 4.77. The molecule has 1 aliphatic rings. The van der Waals surface area contributed by atoms with E-state index >= 15 is 0 Å². The molecule has 1 aromatic rings. The van der Waals surface area contributed by atoms with E-state index < -0.39 is 0 Å². The zero-order valence-electron chi connectivity index (χ0n) is 9.65. The van der Waals surface area contributed by atoms with Gasteiger partial charge in [0.05, 0.1) is 6.61 Å². The zero-order valence-corrected chi connectivity index (χ0v) is 9.65. The lowest BCUT2D eigenvalue weighted by Crippen LogP contribution is -2.14. The number of hydrogen-bond acceptors (Lipinski definition) is 3. The van der Waals surface area contributed by atoms with Gasteiger partial charge in [-0.3, -0.25) is 0 Å². The number of ether oxygens (including phenoxy) is 1. The minimum atomic E-state index is 0.247. The lowest BCUT2D eigenvalue weighted by atomic mass is 9.89. The molecule has 0 amide bonds. The third kappa shape index (κ3) is 2.36. The first kappa shape index (κ1) is 11.4. The van der Waals surface area contributed by atoms with E-state index in [0.717, 1.165) is 18.8 Å².